The van der Waals surface area contributed by atoms with Crippen molar-refractivity contribution < 1.29 is 0 Å². The fraction of sp³-hybridized carbons (Fsp3) is 0.538. The summed E-state index contributed by atoms with van der Waals surface area (Å²) in [6.07, 6.45) is 6.33. The zero-order valence-electron chi connectivity index (χ0n) is 8.95. The molecule has 0 aliphatic heterocycles. The molecule has 0 aromatic heterocycles. The molecule has 82 valence electrons. The van der Waals surface area contributed by atoms with Gasteiger partial charge in [0.05, 0.1) is 0 Å². The van der Waals surface area contributed by atoms with Gasteiger partial charge < -0.3 is 5.73 Å². The molecule has 2 atom stereocenters. The largest absolute Gasteiger partial charge is 0.327 e. The quantitative estimate of drug-likeness (QED) is 0.872. The van der Waals surface area contributed by atoms with E-state index in [9.17, 15) is 0 Å². The third-order valence-electron chi connectivity index (χ3n) is 3.38. The topological polar surface area (TPSA) is 26.0 Å². The van der Waals surface area contributed by atoms with Gasteiger partial charge in [0.15, 0.2) is 0 Å². The third-order valence-corrected chi connectivity index (χ3v) is 3.91. The lowest BCUT2D eigenvalue weighted by molar-refractivity contribution is 0.306. The van der Waals surface area contributed by atoms with E-state index in [4.69, 9.17) is 5.73 Å². The zero-order chi connectivity index (χ0) is 10.7. The van der Waals surface area contributed by atoms with Crippen LogP contribution >= 0.6 is 15.9 Å². The molecular formula is C13H18BrN. The van der Waals surface area contributed by atoms with Crippen LogP contribution in [-0.4, -0.2) is 6.04 Å². The Labute approximate surface area is 100 Å². The summed E-state index contributed by atoms with van der Waals surface area (Å²) < 4.78 is 1.15. The van der Waals surface area contributed by atoms with E-state index < -0.39 is 0 Å². The van der Waals surface area contributed by atoms with Crippen molar-refractivity contribution >= 4 is 15.9 Å². The van der Waals surface area contributed by atoms with Crippen molar-refractivity contribution in [2.75, 3.05) is 0 Å². The van der Waals surface area contributed by atoms with Crippen molar-refractivity contribution in [3.63, 3.8) is 0 Å². The number of hydrogen-bond acceptors (Lipinski definition) is 1. The molecule has 2 rings (SSSR count). The minimum absolute atomic E-state index is 0.419. The highest BCUT2D eigenvalue weighted by molar-refractivity contribution is 9.10. The molecule has 15 heavy (non-hydrogen) atoms. The second-order valence-electron chi connectivity index (χ2n) is 4.54. The van der Waals surface area contributed by atoms with Gasteiger partial charge in [0.1, 0.15) is 0 Å². The van der Waals surface area contributed by atoms with E-state index in [1.54, 1.807) is 0 Å². The molecule has 2 heteroatoms. The van der Waals surface area contributed by atoms with Gasteiger partial charge in [-0.2, -0.15) is 0 Å². The van der Waals surface area contributed by atoms with Crippen molar-refractivity contribution in [2.24, 2.45) is 11.7 Å². The van der Waals surface area contributed by atoms with E-state index >= 15 is 0 Å². The van der Waals surface area contributed by atoms with E-state index in [1.807, 2.05) is 0 Å². The molecule has 1 saturated carbocycles. The third kappa shape index (κ3) is 3.05. The average Bonchev–Trinajstić information content (AvgIpc) is 2.25. The Bertz CT molecular complexity index is 307. The first-order valence-electron chi connectivity index (χ1n) is 5.76. The van der Waals surface area contributed by atoms with Gasteiger partial charge in [-0.05, 0) is 42.9 Å². The number of halogens is 1. The molecule has 0 heterocycles. The molecule has 2 unspecified atom stereocenters. The first kappa shape index (κ1) is 11.2. The van der Waals surface area contributed by atoms with Gasteiger partial charge in [-0.1, -0.05) is 40.9 Å². The van der Waals surface area contributed by atoms with E-state index in [2.05, 4.69) is 40.2 Å². The summed E-state index contributed by atoms with van der Waals surface area (Å²) in [5.41, 5.74) is 7.56. The Morgan fingerprint density at radius 3 is 2.47 bits per heavy atom. The second kappa shape index (κ2) is 5.13. The first-order chi connectivity index (χ1) is 7.25. The van der Waals surface area contributed by atoms with Crippen LogP contribution in [0.1, 0.15) is 31.2 Å². The van der Waals surface area contributed by atoms with Gasteiger partial charge >= 0.3 is 0 Å². The van der Waals surface area contributed by atoms with Crippen molar-refractivity contribution in [1.29, 1.82) is 0 Å². The van der Waals surface area contributed by atoms with Crippen LogP contribution in [0.15, 0.2) is 28.7 Å². The van der Waals surface area contributed by atoms with Crippen molar-refractivity contribution in [3.05, 3.63) is 34.3 Å². The molecule has 1 nitrogen and oxygen atoms in total. The summed E-state index contributed by atoms with van der Waals surface area (Å²) in [4.78, 5) is 0. The lowest BCUT2D eigenvalue weighted by atomic mass is 9.81. The minimum Gasteiger partial charge on any atom is -0.327 e. The highest BCUT2D eigenvalue weighted by Gasteiger charge is 2.21. The maximum absolute atomic E-state index is 6.15. The van der Waals surface area contributed by atoms with Gasteiger partial charge in [0.25, 0.3) is 0 Å². The summed E-state index contributed by atoms with van der Waals surface area (Å²) in [6.45, 7) is 0. The van der Waals surface area contributed by atoms with Crippen molar-refractivity contribution in [3.8, 4) is 0 Å². The summed E-state index contributed by atoms with van der Waals surface area (Å²) in [5.74, 6) is 0.694. The molecule has 1 aliphatic carbocycles. The molecule has 0 spiro atoms. The van der Waals surface area contributed by atoms with Crippen molar-refractivity contribution in [1.82, 2.24) is 0 Å². The standard InChI is InChI=1S/C13H18BrN/c14-12-7-5-10(6-8-12)9-11-3-1-2-4-13(11)15/h5-8,11,13H,1-4,9,15H2. The van der Waals surface area contributed by atoms with Crippen LogP contribution in [0.5, 0.6) is 0 Å². The Morgan fingerprint density at radius 2 is 1.80 bits per heavy atom. The molecule has 1 aromatic carbocycles. The van der Waals surface area contributed by atoms with Crippen molar-refractivity contribution in [2.45, 2.75) is 38.1 Å². The van der Waals surface area contributed by atoms with Gasteiger partial charge in [0, 0.05) is 10.5 Å². The van der Waals surface area contributed by atoms with Crippen LogP contribution in [0, 0.1) is 5.92 Å². The molecule has 0 amide bonds. The Balaban J connectivity index is 1.98. The monoisotopic (exact) mass is 267 g/mol. The van der Waals surface area contributed by atoms with E-state index in [0.29, 0.717) is 12.0 Å². The molecule has 1 aromatic rings. The Hall–Kier alpha value is -0.340. The SMILES string of the molecule is NC1CCCCC1Cc1ccc(Br)cc1. The van der Waals surface area contributed by atoms with E-state index in [1.165, 1.54) is 31.2 Å². The molecule has 1 aliphatic rings. The van der Waals surface area contributed by atoms with Crippen LogP contribution in [0.3, 0.4) is 0 Å². The van der Waals surface area contributed by atoms with Crippen LogP contribution in [0.2, 0.25) is 0 Å². The smallest absolute Gasteiger partial charge is 0.0175 e. The zero-order valence-corrected chi connectivity index (χ0v) is 10.5. The first-order valence-corrected chi connectivity index (χ1v) is 6.55. The Morgan fingerprint density at radius 1 is 1.13 bits per heavy atom. The fourth-order valence-corrected chi connectivity index (χ4v) is 2.68. The number of hydrogen-bond donors (Lipinski definition) is 1. The fourth-order valence-electron chi connectivity index (χ4n) is 2.41. The number of nitrogens with two attached hydrogens (primary N) is 1. The second-order valence-corrected chi connectivity index (χ2v) is 5.45. The summed E-state index contributed by atoms with van der Waals surface area (Å²) in [5, 5.41) is 0. The molecule has 2 N–H and O–H groups in total. The average molecular weight is 268 g/mol. The number of benzene rings is 1. The molecule has 0 radical (unpaired) electrons. The van der Waals surface area contributed by atoms with E-state index in [-0.39, 0.29) is 0 Å². The van der Waals surface area contributed by atoms with Gasteiger partial charge in [0.2, 0.25) is 0 Å². The van der Waals surface area contributed by atoms with Crippen LogP contribution in [0.25, 0.3) is 0 Å². The van der Waals surface area contributed by atoms with Crippen LogP contribution < -0.4 is 5.73 Å². The lowest BCUT2D eigenvalue weighted by Gasteiger charge is -2.28. The lowest BCUT2D eigenvalue weighted by Crippen LogP contribution is -2.34. The van der Waals surface area contributed by atoms with Gasteiger partial charge in [-0.25, -0.2) is 0 Å². The molecule has 0 saturated heterocycles. The minimum atomic E-state index is 0.419. The summed E-state index contributed by atoms with van der Waals surface area (Å²) in [7, 11) is 0. The predicted molar refractivity (Wildman–Crippen MR) is 67.8 cm³/mol. The predicted octanol–water partition coefficient (Wildman–Crippen LogP) is 3.51. The maximum Gasteiger partial charge on any atom is 0.0175 e. The maximum atomic E-state index is 6.15. The normalized spacial score (nSPS) is 26.5. The van der Waals surface area contributed by atoms with Crippen LogP contribution in [0.4, 0.5) is 0 Å². The molecule has 1 fully saturated rings. The van der Waals surface area contributed by atoms with Gasteiger partial charge in [-0.15, -0.1) is 0 Å². The molecular weight excluding hydrogens is 250 g/mol. The van der Waals surface area contributed by atoms with Crippen LogP contribution in [-0.2, 0) is 6.42 Å². The number of rotatable bonds is 2. The highest BCUT2D eigenvalue weighted by Crippen LogP contribution is 2.26. The summed E-state index contributed by atoms with van der Waals surface area (Å²) >= 11 is 3.46. The Kier molecular flexibility index (Phi) is 3.81. The van der Waals surface area contributed by atoms with E-state index in [0.717, 1.165) is 10.9 Å². The van der Waals surface area contributed by atoms with Gasteiger partial charge in [-0.3, -0.25) is 0 Å². The highest BCUT2D eigenvalue weighted by atomic mass is 79.9. The molecule has 0 bridgehead atoms. The summed E-state index contributed by atoms with van der Waals surface area (Å²) in [6, 6.07) is 9.05.